The predicted molar refractivity (Wildman–Crippen MR) is 67.3 cm³/mol. The minimum atomic E-state index is -0.720. The highest BCUT2D eigenvalue weighted by molar-refractivity contribution is 5.70. The first-order valence-electron chi connectivity index (χ1n) is 5.94. The smallest absolute Gasteiger partial charge is 0.307 e. The van der Waals surface area contributed by atoms with Crippen molar-refractivity contribution < 1.29 is 14.6 Å². The van der Waals surface area contributed by atoms with E-state index in [1.807, 2.05) is 38.1 Å². The minimum Gasteiger partial charge on any atom is -0.497 e. The number of ether oxygens (including phenoxy) is 1. The maximum Gasteiger partial charge on any atom is 0.307 e. The highest BCUT2D eigenvalue weighted by Gasteiger charge is 2.23. The Morgan fingerprint density at radius 3 is 2.71 bits per heavy atom. The molecule has 0 heterocycles. The summed E-state index contributed by atoms with van der Waals surface area (Å²) in [6.07, 6.45) is 1.43. The molecule has 0 aromatic heterocycles. The van der Waals surface area contributed by atoms with Gasteiger partial charge in [0.1, 0.15) is 5.75 Å². The molecule has 1 aromatic rings. The van der Waals surface area contributed by atoms with Gasteiger partial charge in [-0.1, -0.05) is 32.4 Å². The van der Waals surface area contributed by atoms with E-state index >= 15 is 0 Å². The second-order valence-electron chi connectivity index (χ2n) is 4.39. The molecule has 94 valence electrons. The first kappa shape index (κ1) is 13.6. The number of benzene rings is 1. The summed E-state index contributed by atoms with van der Waals surface area (Å²) in [5.41, 5.74) is 1.01. The van der Waals surface area contributed by atoms with Crippen LogP contribution in [0.5, 0.6) is 5.75 Å². The van der Waals surface area contributed by atoms with E-state index in [4.69, 9.17) is 4.74 Å². The van der Waals surface area contributed by atoms with Gasteiger partial charge < -0.3 is 9.84 Å². The van der Waals surface area contributed by atoms with Crippen molar-refractivity contribution >= 4 is 5.97 Å². The monoisotopic (exact) mass is 236 g/mol. The number of aliphatic carboxylic acids is 1. The van der Waals surface area contributed by atoms with Crippen molar-refractivity contribution in [1.82, 2.24) is 0 Å². The number of hydrogen-bond donors (Lipinski definition) is 1. The molecule has 17 heavy (non-hydrogen) atoms. The summed E-state index contributed by atoms with van der Waals surface area (Å²) in [5.74, 6) is -0.0937. The molecule has 3 heteroatoms. The molecule has 0 saturated carbocycles. The van der Waals surface area contributed by atoms with E-state index in [1.165, 1.54) is 0 Å². The fraction of sp³-hybridized carbons (Fsp3) is 0.500. The third-order valence-electron chi connectivity index (χ3n) is 3.24. The molecule has 0 saturated heterocycles. The zero-order chi connectivity index (χ0) is 12.8. The molecule has 3 nitrogen and oxygen atoms in total. The van der Waals surface area contributed by atoms with Crippen LogP contribution in [0, 0.1) is 11.8 Å². The van der Waals surface area contributed by atoms with Gasteiger partial charge in [0.05, 0.1) is 13.0 Å². The molecule has 0 aliphatic carbocycles. The SMILES string of the molecule is CCC(C)C(Cc1cccc(OC)c1)C(=O)O. The van der Waals surface area contributed by atoms with Gasteiger partial charge in [-0.3, -0.25) is 4.79 Å². The van der Waals surface area contributed by atoms with Crippen molar-refractivity contribution in [1.29, 1.82) is 0 Å². The van der Waals surface area contributed by atoms with Crippen LogP contribution in [0.15, 0.2) is 24.3 Å². The van der Waals surface area contributed by atoms with E-state index < -0.39 is 5.97 Å². The van der Waals surface area contributed by atoms with Crippen LogP contribution in [0.1, 0.15) is 25.8 Å². The number of carboxylic acids is 1. The van der Waals surface area contributed by atoms with Crippen LogP contribution in [-0.2, 0) is 11.2 Å². The molecule has 0 radical (unpaired) electrons. The van der Waals surface area contributed by atoms with Crippen LogP contribution in [0.25, 0.3) is 0 Å². The van der Waals surface area contributed by atoms with Gasteiger partial charge in [-0.25, -0.2) is 0 Å². The molecule has 1 rings (SSSR count). The van der Waals surface area contributed by atoms with E-state index in [2.05, 4.69) is 0 Å². The van der Waals surface area contributed by atoms with Crippen molar-refractivity contribution in [3.05, 3.63) is 29.8 Å². The molecule has 1 N–H and O–H groups in total. The predicted octanol–water partition coefficient (Wildman–Crippen LogP) is 2.98. The molecule has 0 aliphatic rings. The van der Waals surface area contributed by atoms with Crippen molar-refractivity contribution in [3.8, 4) is 5.75 Å². The van der Waals surface area contributed by atoms with Crippen LogP contribution in [-0.4, -0.2) is 18.2 Å². The van der Waals surface area contributed by atoms with E-state index in [-0.39, 0.29) is 11.8 Å². The van der Waals surface area contributed by atoms with E-state index in [0.29, 0.717) is 6.42 Å². The van der Waals surface area contributed by atoms with Gasteiger partial charge in [0.15, 0.2) is 0 Å². The first-order chi connectivity index (χ1) is 8.08. The average molecular weight is 236 g/mol. The Morgan fingerprint density at radius 1 is 1.47 bits per heavy atom. The summed E-state index contributed by atoms with van der Waals surface area (Å²) >= 11 is 0. The van der Waals surface area contributed by atoms with Crippen molar-refractivity contribution in [2.24, 2.45) is 11.8 Å². The molecule has 2 unspecified atom stereocenters. The number of rotatable bonds is 6. The number of carbonyl (C=O) groups is 1. The van der Waals surface area contributed by atoms with E-state index in [1.54, 1.807) is 7.11 Å². The Hall–Kier alpha value is -1.51. The molecular formula is C14H20O3. The van der Waals surface area contributed by atoms with Gasteiger partial charge in [-0.2, -0.15) is 0 Å². The third-order valence-corrected chi connectivity index (χ3v) is 3.24. The second kappa shape index (κ2) is 6.28. The summed E-state index contributed by atoms with van der Waals surface area (Å²) in [4.78, 5) is 11.2. The number of carboxylic acid groups (broad SMARTS) is 1. The minimum absolute atomic E-state index is 0.179. The average Bonchev–Trinajstić information content (AvgIpc) is 2.35. The van der Waals surface area contributed by atoms with E-state index in [0.717, 1.165) is 17.7 Å². The van der Waals surface area contributed by atoms with Gasteiger partial charge in [-0.05, 0) is 30.0 Å². The standard InChI is InChI=1S/C14H20O3/c1-4-10(2)13(14(15)16)9-11-6-5-7-12(8-11)17-3/h5-8,10,13H,4,9H2,1-3H3,(H,15,16). The van der Waals surface area contributed by atoms with Crippen LogP contribution in [0.2, 0.25) is 0 Å². The number of hydrogen-bond acceptors (Lipinski definition) is 2. The van der Waals surface area contributed by atoms with Gasteiger partial charge in [0.2, 0.25) is 0 Å². The maximum atomic E-state index is 11.2. The van der Waals surface area contributed by atoms with Crippen LogP contribution >= 0.6 is 0 Å². The fourth-order valence-electron chi connectivity index (χ4n) is 1.87. The molecule has 0 bridgehead atoms. The number of methoxy groups -OCH3 is 1. The highest BCUT2D eigenvalue weighted by atomic mass is 16.5. The first-order valence-corrected chi connectivity index (χ1v) is 5.94. The quantitative estimate of drug-likeness (QED) is 0.826. The third kappa shape index (κ3) is 3.77. The summed E-state index contributed by atoms with van der Waals surface area (Å²) < 4.78 is 5.14. The maximum absolute atomic E-state index is 11.2. The lowest BCUT2D eigenvalue weighted by Gasteiger charge is -2.18. The Balaban J connectivity index is 2.82. The lowest BCUT2D eigenvalue weighted by atomic mass is 9.86. The van der Waals surface area contributed by atoms with Crippen LogP contribution < -0.4 is 4.74 Å². The molecule has 0 spiro atoms. The summed E-state index contributed by atoms with van der Waals surface area (Å²) in [7, 11) is 1.61. The van der Waals surface area contributed by atoms with Crippen molar-refractivity contribution in [3.63, 3.8) is 0 Å². The zero-order valence-electron chi connectivity index (χ0n) is 10.6. The Bertz CT molecular complexity index is 373. The van der Waals surface area contributed by atoms with Crippen LogP contribution in [0.4, 0.5) is 0 Å². The summed E-state index contributed by atoms with van der Waals surface area (Å²) in [6, 6.07) is 7.60. The molecule has 2 atom stereocenters. The van der Waals surface area contributed by atoms with Crippen molar-refractivity contribution in [2.45, 2.75) is 26.7 Å². The molecular weight excluding hydrogens is 216 g/mol. The van der Waals surface area contributed by atoms with Crippen LogP contribution in [0.3, 0.4) is 0 Å². The summed E-state index contributed by atoms with van der Waals surface area (Å²) in [6.45, 7) is 4.01. The van der Waals surface area contributed by atoms with Gasteiger partial charge in [0.25, 0.3) is 0 Å². The Labute approximate surface area is 102 Å². The Morgan fingerprint density at radius 2 is 2.18 bits per heavy atom. The largest absolute Gasteiger partial charge is 0.497 e. The molecule has 1 aromatic carbocycles. The van der Waals surface area contributed by atoms with E-state index in [9.17, 15) is 9.90 Å². The highest BCUT2D eigenvalue weighted by Crippen LogP contribution is 2.22. The zero-order valence-corrected chi connectivity index (χ0v) is 10.6. The topological polar surface area (TPSA) is 46.5 Å². The fourth-order valence-corrected chi connectivity index (χ4v) is 1.87. The van der Waals surface area contributed by atoms with Crippen molar-refractivity contribution in [2.75, 3.05) is 7.11 Å². The van der Waals surface area contributed by atoms with Gasteiger partial charge in [-0.15, -0.1) is 0 Å². The lowest BCUT2D eigenvalue weighted by Crippen LogP contribution is -2.23. The van der Waals surface area contributed by atoms with Gasteiger partial charge >= 0.3 is 5.97 Å². The van der Waals surface area contributed by atoms with Gasteiger partial charge in [0, 0.05) is 0 Å². The lowest BCUT2D eigenvalue weighted by molar-refractivity contribution is -0.143. The normalized spacial score (nSPS) is 14.1. The molecule has 0 fully saturated rings. The summed E-state index contributed by atoms with van der Waals surface area (Å²) in [5, 5.41) is 9.23. The molecule has 0 aliphatic heterocycles. The second-order valence-corrected chi connectivity index (χ2v) is 4.39. The Kier molecular flexibility index (Phi) is 5.01. The molecule has 0 amide bonds.